The Morgan fingerprint density at radius 3 is 2.86 bits per heavy atom. The number of nitrogens with zero attached hydrogens (tertiary/aromatic N) is 1. The van der Waals surface area contributed by atoms with E-state index in [-0.39, 0.29) is 11.7 Å². The number of hydrogen-bond acceptors (Lipinski definition) is 4. The van der Waals surface area contributed by atoms with Gasteiger partial charge in [-0.25, -0.2) is 9.18 Å². The smallest absolute Gasteiger partial charge is 0.338 e. The van der Waals surface area contributed by atoms with Gasteiger partial charge in [-0.15, -0.1) is 12.3 Å². The maximum atomic E-state index is 14.2. The highest BCUT2D eigenvalue weighted by Gasteiger charge is 2.18. The number of esters is 1. The largest absolute Gasteiger partial charge is 0.458 e. The van der Waals surface area contributed by atoms with E-state index in [0.29, 0.717) is 38.4 Å². The van der Waals surface area contributed by atoms with Crippen LogP contribution in [0.1, 0.15) is 23.7 Å². The molecule has 1 heterocycles. The van der Waals surface area contributed by atoms with Gasteiger partial charge in [0.1, 0.15) is 11.9 Å². The zero-order valence-electron chi connectivity index (χ0n) is 12.0. The number of terminal acetylenes is 1. The molecule has 21 heavy (non-hydrogen) atoms. The minimum atomic E-state index is -0.565. The number of hydrogen-bond donors (Lipinski definition) is 0. The Kier molecular flexibility index (Phi) is 5.18. The van der Waals surface area contributed by atoms with E-state index >= 15 is 0 Å². The maximum absolute atomic E-state index is 14.2. The van der Waals surface area contributed by atoms with E-state index in [9.17, 15) is 9.18 Å². The standard InChI is InChI=1S/C16H18FNO3/c1-3-4-12(2)21-16(19)13-5-6-15(14(17)11-13)18-7-9-20-10-8-18/h1,5-6,11-12H,4,7-10H2,2H3. The van der Waals surface area contributed by atoms with Gasteiger partial charge >= 0.3 is 5.97 Å². The molecule has 0 saturated carbocycles. The van der Waals surface area contributed by atoms with Crippen LogP contribution in [0.5, 0.6) is 0 Å². The quantitative estimate of drug-likeness (QED) is 0.630. The second-order valence-corrected chi connectivity index (χ2v) is 4.89. The Bertz CT molecular complexity index is 547. The third kappa shape index (κ3) is 3.96. The summed E-state index contributed by atoms with van der Waals surface area (Å²) in [6.07, 6.45) is 5.10. The van der Waals surface area contributed by atoms with E-state index < -0.39 is 11.8 Å². The van der Waals surface area contributed by atoms with E-state index in [4.69, 9.17) is 15.9 Å². The van der Waals surface area contributed by atoms with E-state index in [0.717, 1.165) is 0 Å². The number of halogens is 1. The molecule has 1 aromatic carbocycles. The minimum absolute atomic E-state index is 0.188. The van der Waals surface area contributed by atoms with Gasteiger partial charge in [-0.1, -0.05) is 0 Å². The van der Waals surface area contributed by atoms with Crippen LogP contribution in [-0.2, 0) is 9.47 Å². The monoisotopic (exact) mass is 291 g/mol. The summed E-state index contributed by atoms with van der Waals surface area (Å²) >= 11 is 0. The lowest BCUT2D eigenvalue weighted by molar-refractivity contribution is 0.0351. The Hall–Kier alpha value is -2.06. The van der Waals surface area contributed by atoms with Crippen LogP contribution in [0.25, 0.3) is 0 Å². The van der Waals surface area contributed by atoms with Crippen LogP contribution < -0.4 is 4.90 Å². The molecule has 1 aliphatic rings. The van der Waals surface area contributed by atoms with Gasteiger partial charge in [0.2, 0.25) is 0 Å². The first kappa shape index (κ1) is 15.3. The molecule has 1 aliphatic heterocycles. The molecular formula is C16H18FNO3. The first-order valence-electron chi connectivity index (χ1n) is 6.88. The van der Waals surface area contributed by atoms with E-state index in [1.54, 1.807) is 19.1 Å². The highest BCUT2D eigenvalue weighted by atomic mass is 19.1. The van der Waals surface area contributed by atoms with Crippen LogP contribution in [-0.4, -0.2) is 38.4 Å². The highest BCUT2D eigenvalue weighted by molar-refractivity contribution is 5.90. The Labute approximate surface area is 123 Å². The Morgan fingerprint density at radius 2 is 2.24 bits per heavy atom. The number of carbonyl (C=O) groups excluding carboxylic acids is 1. The number of morpholine rings is 1. The molecule has 1 fully saturated rings. The molecule has 0 aliphatic carbocycles. The van der Waals surface area contributed by atoms with Crippen molar-refractivity contribution in [2.24, 2.45) is 0 Å². The molecule has 1 aromatic rings. The average molecular weight is 291 g/mol. The second kappa shape index (κ2) is 7.09. The molecule has 0 spiro atoms. The van der Waals surface area contributed by atoms with Gasteiger partial charge in [0.15, 0.2) is 0 Å². The van der Waals surface area contributed by atoms with Crippen LogP contribution >= 0.6 is 0 Å². The van der Waals surface area contributed by atoms with Crippen LogP contribution in [0.4, 0.5) is 10.1 Å². The lowest BCUT2D eigenvalue weighted by atomic mass is 10.1. The fourth-order valence-corrected chi connectivity index (χ4v) is 2.15. The molecule has 0 radical (unpaired) electrons. The van der Waals surface area contributed by atoms with Crippen molar-refractivity contribution in [1.82, 2.24) is 0 Å². The number of anilines is 1. The summed E-state index contributed by atoms with van der Waals surface area (Å²) < 4.78 is 24.5. The van der Waals surface area contributed by atoms with Crippen LogP contribution in [0.2, 0.25) is 0 Å². The fraction of sp³-hybridized carbons (Fsp3) is 0.438. The molecule has 0 bridgehead atoms. The van der Waals surface area contributed by atoms with Crippen molar-refractivity contribution in [2.45, 2.75) is 19.4 Å². The average Bonchev–Trinajstić information content (AvgIpc) is 2.48. The third-order valence-corrected chi connectivity index (χ3v) is 3.25. The van der Waals surface area contributed by atoms with Gasteiger partial charge in [0.05, 0.1) is 24.5 Å². The summed E-state index contributed by atoms with van der Waals surface area (Å²) in [5.74, 6) is 1.42. The summed E-state index contributed by atoms with van der Waals surface area (Å²) in [5, 5.41) is 0. The van der Waals surface area contributed by atoms with Crippen LogP contribution in [0.15, 0.2) is 18.2 Å². The van der Waals surface area contributed by atoms with Crippen molar-refractivity contribution in [3.63, 3.8) is 0 Å². The minimum Gasteiger partial charge on any atom is -0.458 e. The SMILES string of the molecule is C#CCC(C)OC(=O)c1ccc(N2CCOCC2)c(F)c1. The van der Waals surface area contributed by atoms with Crippen LogP contribution in [0.3, 0.4) is 0 Å². The maximum Gasteiger partial charge on any atom is 0.338 e. The topological polar surface area (TPSA) is 38.8 Å². The first-order valence-corrected chi connectivity index (χ1v) is 6.88. The summed E-state index contributed by atoms with van der Waals surface area (Å²) in [4.78, 5) is 13.8. The van der Waals surface area contributed by atoms with E-state index in [1.165, 1.54) is 6.07 Å². The zero-order valence-corrected chi connectivity index (χ0v) is 12.0. The number of ether oxygens (including phenoxy) is 2. The molecular weight excluding hydrogens is 273 g/mol. The van der Waals surface area contributed by atoms with Crippen LogP contribution in [0, 0.1) is 18.2 Å². The molecule has 0 amide bonds. The number of benzene rings is 1. The highest BCUT2D eigenvalue weighted by Crippen LogP contribution is 2.22. The van der Waals surface area contributed by atoms with E-state index in [2.05, 4.69) is 5.92 Å². The van der Waals surface area contributed by atoms with Gasteiger partial charge in [-0.2, -0.15) is 0 Å². The molecule has 1 atom stereocenters. The van der Waals surface area contributed by atoms with Crippen molar-refractivity contribution in [3.05, 3.63) is 29.6 Å². The number of rotatable bonds is 4. The van der Waals surface area contributed by atoms with Crippen molar-refractivity contribution in [2.75, 3.05) is 31.2 Å². The van der Waals surface area contributed by atoms with Gasteiger partial charge in [-0.05, 0) is 25.1 Å². The third-order valence-electron chi connectivity index (χ3n) is 3.25. The lowest BCUT2D eigenvalue weighted by Gasteiger charge is -2.29. The first-order chi connectivity index (χ1) is 10.1. The molecule has 1 saturated heterocycles. The lowest BCUT2D eigenvalue weighted by Crippen LogP contribution is -2.36. The van der Waals surface area contributed by atoms with Crippen molar-refractivity contribution < 1.29 is 18.7 Å². The summed E-state index contributed by atoms with van der Waals surface area (Å²) in [7, 11) is 0. The van der Waals surface area contributed by atoms with Gasteiger partial charge < -0.3 is 14.4 Å². The Balaban J connectivity index is 2.07. The second-order valence-electron chi connectivity index (χ2n) is 4.89. The van der Waals surface area contributed by atoms with Crippen molar-refractivity contribution in [1.29, 1.82) is 0 Å². The predicted molar refractivity (Wildman–Crippen MR) is 77.8 cm³/mol. The molecule has 1 unspecified atom stereocenters. The Morgan fingerprint density at radius 1 is 1.52 bits per heavy atom. The molecule has 112 valence electrons. The van der Waals surface area contributed by atoms with Crippen molar-refractivity contribution >= 4 is 11.7 Å². The molecule has 5 heteroatoms. The summed E-state index contributed by atoms with van der Waals surface area (Å²) in [6, 6.07) is 4.37. The molecule has 0 aromatic heterocycles. The summed E-state index contributed by atoms with van der Waals surface area (Å²) in [6.45, 7) is 4.13. The summed E-state index contributed by atoms with van der Waals surface area (Å²) in [5.41, 5.74) is 0.667. The molecule has 2 rings (SSSR count). The van der Waals surface area contributed by atoms with Crippen molar-refractivity contribution in [3.8, 4) is 12.3 Å². The molecule has 0 N–H and O–H groups in total. The predicted octanol–water partition coefficient (Wildman–Crippen LogP) is 2.23. The van der Waals surface area contributed by atoms with Gasteiger partial charge in [-0.3, -0.25) is 0 Å². The normalized spacial score (nSPS) is 16.1. The zero-order chi connectivity index (χ0) is 15.2. The fourth-order valence-electron chi connectivity index (χ4n) is 2.15. The molecule has 4 nitrogen and oxygen atoms in total. The van der Waals surface area contributed by atoms with E-state index in [1.807, 2.05) is 4.90 Å². The van der Waals surface area contributed by atoms with Gasteiger partial charge in [0, 0.05) is 19.5 Å². The number of carbonyl (C=O) groups is 1. The van der Waals surface area contributed by atoms with Gasteiger partial charge in [0.25, 0.3) is 0 Å².